The lowest BCUT2D eigenvalue weighted by molar-refractivity contribution is 0.272. The Bertz CT molecular complexity index is 442. The fourth-order valence-corrected chi connectivity index (χ4v) is 2.86. The lowest BCUT2D eigenvalue weighted by Gasteiger charge is -2.19. The van der Waals surface area contributed by atoms with Gasteiger partial charge in [-0.1, -0.05) is 26.0 Å². The van der Waals surface area contributed by atoms with E-state index in [2.05, 4.69) is 42.3 Å². The summed E-state index contributed by atoms with van der Waals surface area (Å²) in [6.07, 6.45) is 4.05. The Labute approximate surface area is 122 Å². The smallest absolute Gasteiger partial charge is 0.142 e. The first-order valence-corrected chi connectivity index (χ1v) is 7.95. The molecule has 1 aromatic carbocycles. The molecule has 1 heterocycles. The standard InChI is InChI=1S/C17H26N2O/c1-13(2)12-20-17-6-4-3-5-16(17)18-14-9-10-19(11-14)15-7-8-15/h3-6,13-15,18H,7-12H2,1-2H3. The van der Waals surface area contributed by atoms with E-state index in [4.69, 9.17) is 4.74 Å². The largest absolute Gasteiger partial charge is 0.491 e. The minimum Gasteiger partial charge on any atom is -0.491 e. The van der Waals surface area contributed by atoms with E-state index in [0.29, 0.717) is 12.0 Å². The predicted molar refractivity (Wildman–Crippen MR) is 83.4 cm³/mol. The fourth-order valence-electron chi connectivity index (χ4n) is 2.86. The van der Waals surface area contributed by atoms with Gasteiger partial charge in [0.15, 0.2) is 0 Å². The van der Waals surface area contributed by atoms with Crippen LogP contribution in [0.3, 0.4) is 0 Å². The molecule has 1 atom stereocenters. The van der Waals surface area contributed by atoms with Crippen molar-refractivity contribution in [2.45, 2.75) is 45.2 Å². The van der Waals surface area contributed by atoms with Gasteiger partial charge in [-0.2, -0.15) is 0 Å². The quantitative estimate of drug-likeness (QED) is 0.860. The monoisotopic (exact) mass is 274 g/mol. The minimum absolute atomic E-state index is 0.555. The molecule has 0 spiro atoms. The molecule has 1 N–H and O–H groups in total. The summed E-state index contributed by atoms with van der Waals surface area (Å²) in [7, 11) is 0. The van der Waals surface area contributed by atoms with Crippen molar-refractivity contribution in [1.29, 1.82) is 0 Å². The molecule has 1 unspecified atom stereocenters. The number of hydrogen-bond donors (Lipinski definition) is 1. The van der Waals surface area contributed by atoms with Gasteiger partial charge in [0.1, 0.15) is 5.75 Å². The summed E-state index contributed by atoms with van der Waals surface area (Å²) in [5.74, 6) is 1.55. The van der Waals surface area contributed by atoms with Gasteiger partial charge < -0.3 is 10.1 Å². The Morgan fingerprint density at radius 2 is 2.05 bits per heavy atom. The Morgan fingerprint density at radius 1 is 1.25 bits per heavy atom. The summed E-state index contributed by atoms with van der Waals surface area (Å²) in [6.45, 7) is 7.57. The molecular formula is C17H26N2O. The maximum Gasteiger partial charge on any atom is 0.142 e. The van der Waals surface area contributed by atoms with E-state index >= 15 is 0 Å². The minimum atomic E-state index is 0.555. The van der Waals surface area contributed by atoms with Crippen LogP contribution < -0.4 is 10.1 Å². The van der Waals surface area contributed by atoms with Crippen molar-refractivity contribution in [3.05, 3.63) is 24.3 Å². The van der Waals surface area contributed by atoms with Crippen molar-refractivity contribution in [3.8, 4) is 5.75 Å². The Kier molecular flexibility index (Phi) is 4.16. The number of likely N-dealkylation sites (tertiary alicyclic amines) is 1. The topological polar surface area (TPSA) is 24.5 Å². The third-order valence-electron chi connectivity index (χ3n) is 4.10. The van der Waals surface area contributed by atoms with E-state index in [1.54, 1.807) is 0 Å². The molecule has 0 radical (unpaired) electrons. The van der Waals surface area contributed by atoms with Crippen molar-refractivity contribution >= 4 is 5.69 Å². The normalized spacial score (nSPS) is 23.2. The van der Waals surface area contributed by atoms with Crippen LogP contribution in [0.15, 0.2) is 24.3 Å². The maximum absolute atomic E-state index is 5.92. The molecular weight excluding hydrogens is 248 g/mol. The summed E-state index contributed by atoms with van der Waals surface area (Å²) in [4.78, 5) is 2.63. The number of para-hydroxylation sites is 2. The zero-order chi connectivity index (χ0) is 13.9. The van der Waals surface area contributed by atoms with Crippen molar-refractivity contribution in [2.24, 2.45) is 5.92 Å². The lowest BCUT2D eigenvalue weighted by atomic mass is 10.2. The highest BCUT2D eigenvalue weighted by atomic mass is 16.5. The zero-order valence-corrected chi connectivity index (χ0v) is 12.6. The summed E-state index contributed by atoms with van der Waals surface area (Å²) < 4.78 is 5.92. The number of nitrogens with one attached hydrogen (secondary N) is 1. The third kappa shape index (κ3) is 3.45. The number of benzene rings is 1. The van der Waals surface area contributed by atoms with Gasteiger partial charge in [0, 0.05) is 25.2 Å². The van der Waals surface area contributed by atoms with Crippen molar-refractivity contribution in [2.75, 3.05) is 25.0 Å². The molecule has 3 rings (SSSR count). The first kappa shape index (κ1) is 13.7. The van der Waals surface area contributed by atoms with Crippen LogP contribution in [-0.2, 0) is 0 Å². The molecule has 2 aliphatic rings. The van der Waals surface area contributed by atoms with Crippen LogP contribution >= 0.6 is 0 Å². The van der Waals surface area contributed by atoms with Crippen LogP contribution in [0.4, 0.5) is 5.69 Å². The third-order valence-corrected chi connectivity index (χ3v) is 4.10. The van der Waals surface area contributed by atoms with Crippen LogP contribution in [0.2, 0.25) is 0 Å². The lowest BCUT2D eigenvalue weighted by Crippen LogP contribution is -2.27. The predicted octanol–water partition coefficient (Wildman–Crippen LogP) is 3.37. The Morgan fingerprint density at radius 3 is 2.80 bits per heavy atom. The molecule has 20 heavy (non-hydrogen) atoms. The van der Waals surface area contributed by atoms with Gasteiger partial charge in [-0.25, -0.2) is 0 Å². The van der Waals surface area contributed by atoms with Crippen LogP contribution in [0.25, 0.3) is 0 Å². The summed E-state index contributed by atoms with van der Waals surface area (Å²) in [6, 6.07) is 9.78. The van der Waals surface area contributed by atoms with E-state index in [-0.39, 0.29) is 0 Å². The Balaban J connectivity index is 1.59. The average Bonchev–Trinajstić information content (AvgIpc) is 3.18. The van der Waals surface area contributed by atoms with E-state index in [1.165, 1.54) is 32.4 Å². The second kappa shape index (κ2) is 6.04. The molecule has 1 aliphatic carbocycles. The SMILES string of the molecule is CC(C)COc1ccccc1NC1CCN(C2CC2)C1. The van der Waals surface area contributed by atoms with Gasteiger partial charge in [-0.15, -0.1) is 0 Å². The highest BCUT2D eigenvalue weighted by Crippen LogP contribution is 2.32. The number of rotatable bonds is 6. The van der Waals surface area contributed by atoms with Gasteiger partial charge in [0.2, 0.25) is 0 Å². The molecule has 110 valence electrons. The average molecular weight is 274 g/mol. The van der Waals surface area contributed by atoms with E-state index in [9.17, 15) is 0 Å². The van der Waals surface area contributed by atoms with Gasteiger partial charge in [-0.3, -0.25) is 4.90 Å². The molecule has 1 saturated heterocycles. The summed E-state index contributed by atoms with van der Waals surface area (Å²) >= 11 is 0. The van der Waals surface area contributed by atoms with Crippen LogP contribution in [0.5, 0.6) is 5.75 Å². The molecule has 1 saturated carbocycles. The highest BCUT2D eigenvalue weighted by molar-refractivity contribution is 5.56. The molecule has 1 aromatic rings. The first-order chi connectivity index (χ1) is 9.72. The van der Waals surface area contributed by atoms with Crippen molar-refractivity contribution in [1.82, 2.24) is 4.90 Å². The molecule has 2 fully saturated rings. The van der Waals surface area contributed by atoms with Gasteiger partial charge in [0.25, 0.3) is 0 Å². The second-order valence-corrected chi connectivity index (χ2v) is 6.56. The maximum atomic E-state index is 5.92. The molecule has 0 bridgehead atoms. The first-order valence-electron chi connectivity index (χ1n) is 7.95. The molecule has 3 nitrogen and oxygen atoms in total. The van der Waals surface area contributed by atoms with Gasteiger partial charge in [0.05, 0.1) is 12.3 Å². The van der Waals surface area contributed by atoms with Gasteiger partial charge >= 0.3 is 0 Å². The molecule has 0 aromatic heterocycles. The van der Waals surface area contributed by atoms with Crippen LogP contribution in [0, 0.1) is 5.92 Å². The fraction of sp³-hybridized carbons (Fsp3) is 0.647. The molecule has 1 aliphatic heterocycles. The molecule has 3 heteroatoms. The van der Waals surface area contributed by atoms with Gasteiger partial charge in [-0.05, 0) is 37.3 Å². The number of nitrogens with zero attached hydrogens (tertiary/aromatic N) is 1. The second-order valence-electron chi connectivity index (χ2n) is 6.56. The number of ether oxygens (including phenoxy) is 1. The van der Waals surface area contributed by atoms with Crippen molar-refractivity contribution in [3.63, 3.8) is 0 Å². The summed E-state index contributed by atoms with van der Waals surface area (Å²) in [5, 5.41) is 3.68. The summed E-state index contributed by atoms with van der Waals surface area (Å²) in [5.41, 5.74) is 1.15. The number of hydrogen-bond acceptors (Lipinski definition) is 3. The Hall–Kier alpha value is -1.22. The molecule has 0 amide bonds. The van der Waals surface area contributed by atoms with E-state index in [1.807, 2.05) is 6.07 Å². The van der Waals surface area contributed by atoms with Crippen LogP contribution in [-0.4, -0.2) is 36.7 Å². The zero-order valence-electron chi connectivity index (χ0n) is 12.6. The van der Waals surface area contributed by atoms with E-state index in [0.717, 1.165) is 24.1 Å². The number of anilines is 1. The highest BCUT2D eigenvalue weighted by Gasteiger charge is 2.34. The van der Waals surface area contributed by atoms with Crippen molar-refractivity contribution < 1.29 is 4.74 Å². The van der Waals surface area contributed by atoms with Crippen LogP contribution in [0.1, 0.15) is 33.1 Å². The van der Waals surface area contributed by atoms with E-state index < -0.39 is 0 Å².